The predicted molar refractivity (Wildman–Crippen MR) is 93.8 cm³/mol. The third-order valence-electron chi connectivity index (χ3n) is 4.90. The van der Waals surface area contributed by atoms with Crippen LogP contribution < -0.4 is 24.0 Å². The van der Waals surface area contributed by atoms with Crippen LogP contribution in [0, 0.1) is 18.4 Å². The molecular weight excluding hydrogens is 313 g/mol. The molecule has 0 bridgehead atoms. The van der Waals surface area contributed by atoms with Crippen LogP contribution in [-0.2, 0) is 9.53 Å². The Morgan fingerprint density at radius 1 is 1.21 bits per heavy atom. The first-order chi connectivity index (χ1) is 10.8. The molecule has 1 aromatic carbocycles. The molecule has 0 saturated carbocycles. The molecule has 2 amide bonds. The molecule has 0 aromatic heterocycles. The van der Waals surface area contributed by atoms with E-state index in [9.17, 15) is 9.59 Å². The molecule has 0 aliphatic carbocycles. The van der Waals surface area contributed by atoms with Gasteiger partial charge in [-0.05, 0) is 18.1 Å². The number of hydrogen-bond acceptors (Lipinski definition) is 3. The van der Waals surface area contributed by atoms with E-state index in [2.05, 4.69) is 51.2 Å². The number of imide groups is 1. The summed E-state index contributed by atoms with van der Waals surface area (Å²) in [7, 11) is -1.88. The molecule has 6 heteroatoms. The first kappa shape index (κ1) is 21.0. The summed E-state index contributed by atoms with van der Waals surface area (Å²) in [5.41, 5.74) is 0.235. The molecule has 1 saturated heterocycles. The average Bonchev–Trinajstić information content (AvgIpc) is 2.92. The van der Waals surface area contributed by atoms with Crippen molar-refractivity contribution in [1.29, 1.82) is 0 Å². The van der Waals surface area contributed by atoms with Crippen LogP contribution in [0.4, 0.5) is 4.79 Å². The van der Waals surface area contributed by atoms with Crippen LogP contribution in [-0.4, -0.2) is 31.6 Å². The van der Waals surface area contributed by atoms with Crippen LogP contribution in [0.2, 0.25) is 18.6 Å². The Balaban J connectivity index is 0.00000288. The molecule has 24 heavy (non-hydrogen) atoms. The first-order valence-electron chi connectivity index (χ1n) is 8.15. The third kappa shape index (κ3) is 4.14. The van der Waals surface area contributed by atoms with E-state index in [1.807, 2.05) is 13.0 Å². The fraction of sp³-hybridized carbons (Fsp3) is 0.500. The maximum atomic E-state index is 12.8. The molecule has 1 aromatic rings. The molecule has 1 heterocycles. The Hall–Kier alpha value is -1.03. The number of cyclic esters (lactones) is 1. The molecule has 2 atom stereocenters. The maximum Gasteiger partial charge on any atom is 1.00 e. The third-order valence-corrected chi connectivity index (χ3v) is 9.55. The number of benzene rings is 1. The summed E-state index contributed by atoms with van der Waals surface area (Å²) in [6.07, 6.45) is -0.552. The molecule has 4 nitrogen and oxygen atoms in total. The SMILES string of the molecule is CC(C)[C@@H]([C@H](C)C(=O)N1[CH-]COC1=O)[Si](C)(C)c1ccccc1.[Li+]. The summed E-state index contributed by atoms with van der Waals surface area (Å²) >= 11 is 0. The van der Waals surface area contributed by atoms with E-state index in [0.29, 0.717) is 5.92 Å². The number of rotatable bonds is 5. The van der Waals surface area contributed by atoms with Crippen LogP contribution in [0.3, 0.4) is 0 Å². The number of hydrogen-bond donors (Lipinski definition) is 0. The Labute approximate surface area is 158 Å². The van der Waals surface area contributed by atoms with Crippen LogP contribution in [0.15, 0.2) is 30.3 Å². The van der Waals surface area contributed by atoms with E-state index in [1.165, 1.54) is 11.7 Å². The fourth-order valence-corrected chi connectivity index (χ4v) is 8.47. The maximum absolute atomic E-state index is 12.8. The van der Waals surface area contributed by atoms with Gasteiger partial charge >= 0.3 is 25.0 Å². The molecule has 0 radical (unpaired) electrons. The van der Waals surface area contributed by atoms with E-state index >= 15 is 0 Å². The van der Waals surface area contributed by atoms with Crippen molar-refractivity contribution in [3.05, 3.63) is 36.9 Å². The largest absolute Gasteiger partial charge is 1.00 e. The van der Waals surface area contributed by atoms with E-state index in [0.717, 1.165) is 4.90 Å². The monoisotopic (exact) mass is 339 g/mol. The smallest absolute Gasteiger partial charge is 0.482 e. The van der Waals surface area contributed by atoms with Gasteiger partial charge in [-0.3, -0.25) is 4.79 Å². The number of amides is 2. The molecule has 2 rings (SSSR count). The summed E-state index contributed by atoms with van der Waals surface area (Å²) in [5, 5.41) is 1.34. The Bertz CT molecular complexity index is 577. The van der Waals surface area contributed by atoms with Crippen molar-refractivity contribution in [3.8, 4) is 0 Å². The van der Waals surface area contributed by atoms with Crippen molar-refractivity contribution in [2.75, 3.05) is 6.61 Å². The molecular formula is C18H26LiNO3Si. The molecule has 1 aliphatic heterocycles. The standard InChI is InChI=1S/C18H26NO3Si.Li/c1-13(2)16(23(4,5)15-9-7-6-8-10-15)14(3)17(20)19-11-12-22-18(19)21;/h6-11,13-14,16H,12H2,1-5H3;/q-1;+1/t14-,16-;/m0./s1. The van der Waals surface area contributed by atoms with E-state index < -0.39 is 14.2 Å². The van der Waals surface area contributed by atoms with Crippen LogP contribution in [0.25, 0.3) is 0 Å². The Morgan fingerprint density at radius 3 is 2.25 bits per heavy atom. The summed E-state index contributed by atoms with van der Waals surface area (Å²) in [5.74, 6) is -0.0177. The number of ether oxygens (including phenoxy) is 1. The Kier molecular flexibility index (Phi) is 7.33. The Morgan fingerprint density at radius 2 is 1.79 bits per heavy atom. The molecule has 126 valence electrons. The van der Waals surface area contributed by atoms with Gasteiger partial charge in [0.05, 0.1) is 8.07 Å². The second-order valence-corrected chi connectivity index (χ2v) is 11.8. The minimum atomic E-state index is -1.88. The van der Waals surface area contributed by atoms with Gasteiger partial charge < -0.3 is 9.64 Å². The number of carbonyl (C=O) groups excluding carboxylic acids is 2. The van der Waals surface area contributed by atoms with Crippen LogP contribution in [0.5, 0.6) is 0 Å². The summed E-state index contributed by atoms with van der Waals surface area (Å²) in [6, 6.07) is 10.4. The topological polar surface area (TPSA) is 46.6 Å². The molecule has 0 spiro atoms. The molecule has 1 aliphatic rings. The molecule has 1 fully saturated rings. The van der Waals surface area contributed by atoms with Gasteiger partial charge in [-0.1, -0.05) is 69.4 Å². The minimum absolute atomic E-state index is 0. The van der Waals surface area contributed by atoms with Crippen LogP contribution >= 0.6 is 0 Å². The van der Waals surface area contributed by atoms with Crippen molar-refractivity contribution in [3.63, 3.8) is 0 Å². The normalized spacial score (nSPS) is 17.2. The van der Waals surface area contributed by atoms with Crippen molar-refractivity contribution < 1.29 is 33.2 Å². The predicted octanol–water partition coefficient (Wildman–Crippen LogP) is 0.409. The van der Waals surface area contributed by atoms with Gasteiger partial charge in [-0.25, -0.2) is 4.79 Å². The van der Waals surface area contributed by atoms with Gasteiger partial charge in [0.25, 0.3) is 0 Å². The average molecular weight is 339 g/mol. The first-order valence-corrected chi connectivity index (χ1v) is 11.2. The summed E-state index contributed by atoms with van der Waals surface area (Å²) in [4.78, 5) is 25.6. The fourth-order valence-electron chi connectivity index (χ4n) is 3.98. The van der Waals surface area contributed by atoms with Gasteiger partial charge in [-0.15, -0.1) is 0 Å². The summed E-state index contributed by atoms with van der Waals surface area (Å²) < 4.78 is 4.87. The summed E-state index contributed by atoms with van der Waals surface area (Å²) in [6.45, 7) is 12.6. The number of carbonyl (C=O) groups is 2. The van der Waals surface area contributed by atoms with E-state index in [4.69, 9.17) is 4.74 Å². The van der Waals surface area contributed by atoms with E-state index in [1.54, 1.807) is 0 Å². The quantitative estimate of drug-likeness (QED) is 0.577. The van der Waals surface area contributed by atoms with E-state index in [-0.39, 0.29) is 42.8 Å². The molecule has 0 N–H and O–H groups in total. The van der Waals surface area contributed by atoms with Gasteiger partial charge in [-0.2, -0.15) is 6.54 Å². The number of nitrogens with zero attached hydrogens (tertiary/aromatic N) is 1. The van der Waals surface area contributed by atoms with Gasteiger partial charge in [0.2, 0.25) is 5.91 Å². The molecule has 0 unspecified atom stereocenters. The van der Waals surface area contributed by atoms with Crippen molar-refractivity contribution in [2.45, 2.75) is 39.4 Å². The second-order valence-electron chi connectivity index (χ2n) is 7.11. The second kappa shape index (κ2) is 8.38. The van der Waals surface area contributed by atoms with Crippen molar-refractivity contribution in [2.24, 2.45) is 11.8 Å². The zero-order chi connectivity index (χ0) is 17.2. The van der Waals surface area contributed by atoms with Gasteiger partial charge in [0.15, 0.2) is 0 Å². The zero-order valence-electron chi connectivity index (χ0n) is 15.6. The van der Waals surface area contributed by atoms with Gasteiger partial charge in [0, 0.05) is 5.92 Å². The zero-order valence-corrected chi connectivity index (χ0v) is 16.6. The van der Waals surface area contributed by atoms with Crippen LogP contribution in [0.1, 0.15) is 20.8 Å². The van der Waals surface area contributed by atoms with Gasteiger partial charge in [0.1, 0.15) is 0 Å². The van der Waals surface area contributed by atoms with Crippen molar-refractivity contribution in [1.82, 2.24) is 4.90 Å². The minimum Gasteiger partial charge on any atom is -0.482 e. The van der Waals surface area contributed by atoms with Crippen molar-refractivity contribution >= 4 is 25.3 Å².